The number of hydrogen-bond donors (Lipinski definition) is 1. The second-order valence-electron chi connectivity index (χ2n) is 8.26. The SMILES string of the molecule is C=CCc1ccc(OC)c(OC2CC(C(=O)NC3CCN(c4nnnn4C)CC3)C2)c1. The number of anilines is 1. The fourth-order valence-corrected chi connectivity index (χ4v) is 4.20. The predicted octanol–water partition coefficient (Wildman–Crippen LogP) is 1.89. The summed E-state index contributed by atoms with van der Waals surface area (Å²) in [6.45, 7) is 5.45. The van der Waals surface area contributed by atoms with Gasteiger partial charge >= 0.3 is 0 Å². The van der Waals surface area contributed by atoms with Crippen molar-refractivity contribution in [2.75, 3.05) is 25.1 Å². The van der Waals surface area contributed by atoms with Crippen LogP contribution in [-0.2, 0) is 18.3 Å². The third-order valence-corrected chi connectivity index (χ3v) is 6.09. The molecular formula is C22H30N6O3. The maximum atomic E-state index is 12.7. The Morgan fingerprint density at radius 1 is 1.29 bits per heavy atom. The molecule has 9 heteroatoms. The lowest BCUT2D eigenvalue weighted by molar-refractivity contribution is -0.131. The highest BCUT2D eigenvalue weighted by Gasteiger charge is 2.37. The molecule has 1 amide bonds. The third kappa shape index (κ3) is 4.81. The lowest BCUT2D eigenvalue weighted by atomic mass is 9.81. The van der Waals surface area contributed by atoms with Gasteiger partial charge in [0, 0.05) is 32.1 Å². The largest absolute Gasteiger partial charge is 0.493 e. The molecule has 166 valence electrons. The summed E-state index contributed by atoms with van der Waals surface area (Å²) in [7, 11) is 3.47. The number of allylic oxidation sites excluding steroid dienone is 1. The topological polar surface area (TPSA) is 94.4 Å². The van der Waals surface area contributed by atoms with E-state index >= 15 is 0 Å². The van der Waals surface area contributed by atoms with Gasteiger partial charge in [0.05, 0.1) is 7.11 Å². The molecule has 0 spiro atoms. The van der Waals surface area contributed by atoms with Gasteiger partial charge in [-0.1, -0.05) is 17.2 Å². The molecule has 2 aromatic rings. The number of hydrogen-bond acceptors (Lipinski definition) is 7. The Labute approximate surface area is 182 Å². The first-order valence-electron chi connectivity index (χ1n) is 10.8. The van der Waals surface area contributed by atoms with Crippen LogP contribution < -0.4 is 19.7 Å². The molecule has 1 aliphatic carbocycles. The molecule has 0 unspecified atom stereocenters. The van der Waals surface area contributed by atoms with E-state index in [4.69, 9.17) is 9.47 Å². The molecule has 2 fully saturated rings. The van der Waals surface area contributed by atoms with Gasteiger partial charge in [-0.15, -0.1) is 6.58 Å². The summed E-state index contributed by atoms with van der Waals surface area (Å²) >= 11 is 0. The van der Waals surface area contributed by atoms with E-state index in [2.05, 4.69) is 32.3 Å². The lowest BCUT2D eigenvalue weighted by Gasteiger charge is -2.37. The number of rotatable bonds is 8. The molecule has 4 rings (SSSR count). The number of nitrogens with one attached hydrogen (secondary N) is 1. The number of amides is 1. The van der Waals surface area contributed by atoms with Gasteiger partial charge in [-0.2, -0.15) is 0 Å². The van der Waals surface area contributed by atoms with Gasteiger partial charge in [0.2, 0.25) is 11.9 Å². The molecule has 31 heavy (non-hydrogen) atoms. The van der Waals surface area contributed by atoms with Crippen molar-refractivity contribution in [2.45, 2.75) is 44.2 Å². The van der Waals surface area contributed by atoms with E-state index in [1.807, 2.05) is 31.3 Å². The second kappa shape index (κ2) is 9.36. The summed E-state index contributed by atoms with van der Waals surface area (Å²) in [6, 6.07) is 6.12. The van der Waals surface area contributed by atoms with Crippen molar-refractivity contribution in [3.8, 4) is 11.5 Å². The van der Waals surface area contributed by atoms with Gasteiger partial charge < -0.3 is 19.7 Å². The molecule has 1 saturated heterocycles. The summed E-state index contributed by atoms with van der Waals surface area (Å²) in [5, 5.41) is 14.9. The molecular weight excluding hydrogens is 396 g/mol. The van der Waals surface area contributed by atoms with Crippen LogP contribution in [-0.4, -0.2) is 58.5 Å². The predicted molar refractivity (Wildman–Crippen MR) is 116 cm³/mol. The van der Waals surface area contributed by atoms with E-state index in [0.29, 0.717) is 5.75 Å². The van der Waals surface area contributed by atoms with Crippen LogP contribution >= 0.6 is 0 Å². The standard InChI is InChI=1S/C22H30N6O3/c1-4-5-15-6-7-19(30-3)20(12-15)31-18-13-16(14-18)21(29)23-17-8-10-28(11-9-17)22-24-25-26-27(22)2/h4,6-7,12,16-18H,1,5,8-11,13-14H2,2-3H3,(H,23,29). The summed E-state index contributed by atoms with van der Waals surface area (Å²) in [5.74, 6) is 2.36. The summed E-state index contributed by atoms with van der Waals surface area (Å²) in [4.78, 5) is 14.8. The Morgan fingerprint density at radius 3 is 2.71 bits per heavy atom. The molecule has 1 N–H and O–H groups in total. The summed E-state index contributed by atoms with van der Waals surface area (Å²) < 4.78 is 13.2. The number of benzene rings is 1. The fraction of sp³-hybridized carbons (Fsp3) is 0.545. The molecule has 2 heterocycles. The van der Waals surface area contributed by atoms with Gasteiger partial charge in [0.25, 0.3) is 0 Å². The number of piperidine rings is 1. The number of nitrogens with zero attached hydrogens (tertiary/aromatic N) is 5. The van der Waals surface area contributed by atoms with E-state index < -0.39 is 0 Å². The molecule has 2 aliphatic rings. The van der Waals surface area contributed by atoms with E-state index in [1.165, 1.54) is 0 Å². The van der Waals surface area contributed by atoms with Gasteiger partial charge in [0.15, 0.2) is 11.5 Å². The van der Waals surface area contributed by atoms with Crippen LogP contribution in [0, 0.1) is 5.92 Å². The average Bonchev–Trinajstić information content (AvgIpc) is 3.17. The molecule has 1 aromatic heterocycles. The number of ether oxygens (including phenoxy) is 2. The number of tetrazole rings is 1. The number of methoxy groups -OCH3 is 1. The highest BCUT2D eigenvalue weighted by atomic mass is 16.5. The van der Waals surface area contributed by atoms with E-state index in [9.17, 15) is 4.79 Å². The van der Waals surface area contributed by atoms with E-state index in [1.54, 1.807) is 11.8 Å². The first-order valence-corrected chi connectivity index (χ1v) is 10.8. The maximum absolute atomic E-state index is 12.7. The van der Waals surface area contributed by atoms with Crippen molar-refractivity contribution in [1.82, 2.24) is 25.5 Å². The van der Waals surface area contributed by atoms with Crippen molar-refractivity contribution < 1.29 is 14.3 Å². The van der Waals surface area contributed by atoms with Crippen LogP contribution in [0.2, 0.25) is 0 Å². The molecule has 1 saturated carbocycles. The molecule has 1 aromatic carbocycles. The molecule has 1 aliphatic heterocycles. The normalized spacial score (nSPS) is 21.3. The van der Waals surface area contributed by atoms with Crippen LogP contribution in [0.25, 0.3) is 0 Å². The van der Waals surface area contributed by atoms with Crippen molar-refractivity contribution in [2.24, 2.45) is 13.0 Å². The van der Waals surface area contributed by atoms with Gasteiger partial charge in [-0.3, -0.25) is 4.79 Å². The Kier molecular flexibility index (Phi) is 6.39. The minimum absolute atomic E-state index is 0.00771. The van der Waals surface area contributed by atoms with Crippen LogP contribution in [0.3, 0.4) is 0 Å². The fourth-order valence-electron chi connectivity index (χ4n) is 4.20. The quantitative estimate of drug-likeness (QED) is 0.644. The maximum Gasteiger partial charge on any atom is 0.245 e. The number of aromatic nitrogens is 4. The number of aryl methyl sites for hydroxylation is 1. The third-order valence-electron chi connectivity index (χ3n) is 6.09. The van der Waals surface area contributed by atoms with Crippen molar-refractivity contribution in [3.05, 3.63) is 36.4 Å². The zero-order chi connectivity index (χ0) is 21.8. The van der Waals surface area contributed by atoms with Crippen LogP contribution in [0.1, 0.15) is 31.2 Å². The molecule has 0 atom stereocenters. The number of carbonyl (C=O) groups is 1. The van der Waals surface area contributed by atoms with Crippen molar-refractivity contribution in [1.29, 1.82) is 0 Å². The van der Waals surface area contributed by atoms with Gasteiger partial charge in [-0.05, 0) is 60.2 Å². The molecule has 9 nitrogen and oxygen atoms in total. The average molecular weight is 427 g/mol. The molecule has 0 radical (unpaired) electrons. The summed E-state index contributed by atoms with van der Waals surface area (Å²) in [5.41, 5.74) is 1.13. The number of carbonyl (C=O) groups excluding carboxylic acids is 1. The second-order valence-corrected chi connectivity index (χ2v) is 8.26. The first kappa shape index (κ1) is 21.1. The van der Waals surface area contributed by atoms with Crippen molar-refractivity contribution >= 4 is 11.9 Å². The molecule has 0 bridgehead atoms. The Hall–Kier alpha value is -3.10. The lowest BCUT2D eigenvalue weighted by Crippen LogP contribution is -2.50. The highest BCUT2D eigenvalue weighted by molar-refractivity contribution is 5.80. The van der Waals surface area contributed by atoms with Crippen LogP contribution in [0.15, 0.2) is 30.9 Å². The Morgan fingerprint density at radius 2 is 2.06 bits per heavy atom. The Balaban J connectivity index is 1.23. The van der Waals surface area contributed by atoms with Crippen LogP contribution in [0.5, 0.6) is 11.5 Å². The summed E-state index contributed by atoms with van der Waals surface area (Å²) in [6.07, 6.45) is 5.91. The van der Waals surface area contributed by atoms with Crippen LogP contribution in [0.4, 0.5) is 5.95 Å². The van der Waals surface area contributed by atoms with E-state index in [-0.39, 0.29) is 24.0 Å². The zero-order valence-electron chi connectivity index (χ0n) is 18.2. The minimum Gasteiger partial charge on any atom is -0.493 e. The van der Waals surface area contributed by atoms with E-state index in [0.717, 1.165) is 62.5 Å². The van der Waals surface area contributed by atoms with Gasteiger partial charge in [0.1, 0.15) is 6.10 Å². The minimum atomic E-state index is 0.00771. The Bertz CT molecular complexity index is 916. The first-order chi connectivity index (χ1) is 15.1. The monoisotopic (exact) mass is 426 g/mol. The zero-order valence-corrected chi connectivity index (χ0v) is 18.2. The highest BCUT2D eigenvalue weighted by Crippen LogP contribution is 2.36. The van der Waals surface area contributed by atoms with Gasteiger partial charge in [-0.25, -0.2) is 4.68 Å². The smallest absolute Gasteiger partial charge is 0.245 e. The van der Waals surface area contributed by atoms with Crippen molar-refractivity contribution in [3.63, 3.8) is 0 Å².